The number of hydrogen-bond donors (Lipinski definition) is 1. The van der Waals surface area contributed by atoms with Crippen LogP contribution in [0.15, 0.2) is 27.6 Å². The summed E-state index contributed by atoms with van der Waals surface area (Å²) in [6.07, 6.45) is 0.987. The summed E-state index contributed by atoms with van der Waals surface area (Å²) in [7, 11) is -3.49. The maximum Gasteiger partial charge on any atom is 0.407 e. The van der Waals surface area contributed by atoms with Gasteiger partial charge < -0.3 is 10.1 Å². The van der Waals surface area contributed by atoms with Crippen LogP contribution in [-0.2, 0) is 14.8 Å². The highest BCUT2D eigenvalue weighted by atomic mass is 79.9. The second kappa shape index (κ2) is 8.27. The van der Waals surface area contributed by atoms with Crippen molar-refractivity contribution in [2.24, 2.45) is 5.92 Å². The molecule has 1 N–H and O–H groups in total. The zero-order valence-electron chi connectivity index (χ0n) is 15.7. The maximum absolute atomic E-state index is 12.8. The molecular formula is C18H27BrN2O4S. The third-order valence-electron chi connectivity index (χ3n) is 4.16. The molecule has 1 aliphatic rings. The molecule has 1 amide bonds. The zero-order chi connectivity index (χ0) is 19.5. The Morgan fingerprint density at radius 1 is 1.27 bits per heavy atom. The van der Waals surface area contributed by atoms with Crippen molar-refractivity contribution in [3.63, 3.8) is 0 Å². The van der Waals surface area contributed by atoms with Crippen molar-refractivity contribution >= 4 is 32.0 Å². The minimum Gasteiger partial charge on any atom is -0.444 e. The summed E-state index contributed by atoms with van der Waals surface area (Å²) in [4.78, 5) is 12.0. The van der Waals surface area contributed by atoms with E-state index in [1.807, 2.05) is 33.8 Å². The lowest BCUT2D eigenvalue weighted by molar-refractivity contribution is 0.0513. The number of benzene rings is 1. The number of sulfonamides is 1. The van der Waals surface area contributed by atoms with Crippen LogP contribution in [0.25, 0.3) is 0 Å². The Hall–Kier alpha value is -1.12. The number of amides is 1. The Labute approximate surface area is 164 Å². The van der Waals surface area contributed by atoms with Crippen molar-refractivity contribution in [2.45, 2.75) is 51.0 Å². The van der Waals surface area contributed by atoms with Crippen molar-refractivity contribution in [1.29, 1.82) is 0 Å². The van der Waals surface area contributed by atoms with Gasteiger partial charge >= 0.3 is 6.09 Å². The largest absolute Gasteiger partial charge is 0.444 e. The van der Waals surface area contributed by atoms with Crippen LogP contribution in [0, 0.1) is 12.8 Å². The molecule has 26 heavy (non-hydrogen) atoms. The normalized spacial score (nSPS) is 17.1. The molecule has 2 rings (SSSR count). The first kappa shape index (κ1) is 21.2. The first-order valence-corrected chi connectivity index (χ1v) is 10.9. The number of nitrogens with zero attached hydrogens (tertiary/aromatic N) is 1. The number of piperidine rings is 1. The number of aryl methyl sites for hydroxylation is 1. The monoisotopic (exact) mass is 446 g/mol. The van der Waals surface area contributed by atoms with Crippen LogP contribution >= 0.6 is 15.9 Å². The van der Waals surface area contributed by atoms with Crippen molar-refractivity contribution in [3.8, 4) is 0 Å². The van der Waals surface area contributed by atoms with Crippen molar-refractivity contribution in [1.82, 2.24) is 9.62 Å². The summed E-state index contributed by atoms with van der Waals surface area (Å²) in [5.74, 6) is 0.248. The van der Waals surface area contributed by atoms with Gasteiger partial charge in [0.1, 0.15) is 5.60 Å². The number of rotatable bonds is 4. The molecule has 8 heteroatoms. The van der Waals surface area contributed by atoms with Crippen LogP contribution in [0.4, 0.5) is 4.79 Å². The van der Waals surface area contributed by atoms with Crippen LogP contribution in [0.1, 0.15) is 39.2 Å². The maximum atomic E-state index is 12.8. The molecule has 1 fully saturated rings. The number of nitrogens with one attached hydrogen (secondary N) is 1. The van der Waals surface area contributed by atoms with Crippen LogP contribution in [0.3, 0.4) is 0 Å². The van der Waals surface area contributed by atoms with E-state index in [2.05, 4.69) is 21.2 Å². The first-order valence-electron chi connectivity index (χ1n) is 8.71. The predicted octanol–water partition coefficient (Wildman–Crippen LogP) is 3.68. The molecule has 0 radical (unpaired) electrons. The summed E-state index contributed by atoms with van der Waals surface area (Å²) >= 11 is 3.36. The van der Waals surface area contributed by atoms with Crippen molar-refractivity contribution in [3.05, 3.63) is 28.2 Å². The highest BCUT2D eigenvalue weighted by Crippen LogP contribution is 2.26. The molecule has 0 aromatic heterocycles. The highest BCUT2D eigenvalue weighted by molar-refractivity contribution is 9.10. The Morgan fingerprint density at radius 2 is 1.88 bits per heavy atom. The van der Waals surface area contributed by atoms with Crippen LogP contribution < -0.4 is 5.32 Å². The van der Waals surface area contributed by atoms with Gasteiger partial charge in [-0.05, 0) is 70.2 Å². The van der Waals surface area contributed by atoms with Gasteiger partial charge in [-0.1, -0.05) is 15.9 Å². The summed E-state index contributed by atoms with van der Waals surface area (Å²) < 4.78 is 33.2. The van der Waals surface area contributed by atoms with E-state index in [9.17, 15) is 13.2 Å². The van der Waals surface area contributed by atoms with Crippen LogP contribution in [-0.4, -0.2) is 44.1 Å². The van der Waals surface area contributed by atoms with E-state index >= 15 is 0 Å². The highest BCUT2D eigenvalue weighted by Gasteiger charge is 2.30. The second-order valence-electron chi connectivity index (χ2n) is 7.69. The molecule has 1 aromatic carbocycles. The molecule has 0 aliphatic carbocycles. The third kappa shape index (κ3) is 5.96. The quantitative estimate of drug-likeness (QED) is 0.764. The number of carbonyl (C=O) groups is 1. The molecule has 0 unspecified atom stereocenters. The Bertz CT molecular complexity index is 731. The van der Waals surface area contributed by atoms with Gasteiger partial charge in [0.2, 0.25) is 10.0 Å². The lowest BCUT2D eigenvalue weighted by atomic mass is 9.98. The van der Waals surface area contributed by atoms with Gasteiger partial charge in [0.15, 0.2) is 0 Å². The minimum absolute atomic E-state index is 0.248. The Kier molecular flexibility index (Phi) is 6.74. The predicted molar refractivity (Wildman–Crippen MR) is 105 cm³/mol. The van der Waals surface area contributed by atoms with Gasteiger partial charge in [0.05, 0.1) is 4.90 Å². The fourth-order valence-electron chi connectivity index (χ4n) is 2.90. The molecular weight excluding hydrogens is 420 g/mol. The van der Waals surface area contributed by atoms with E-state index in [4.69, 9.17) is 4.74 Å². The Balaban J connectivity index is 1.90. The molecule has 0 bridgehead atoms. The van der Waals surface area contributed by atoms with Crippen molar-refractivity contribution < 1.29 is 17.9 Å². The molecule has 1 heterocycles. The summed E-state index contributed by atoms with van der Waals surface area (Å²) in [6.45, 7) is 8.74. The lowest BCUT2D eigenvalue weighted by Crippen LogP contribution is -2.42. The van der Waals surface area contributed by atoms with Gasteiger partial charge in [-0.3, -0.25) is 0 Å². The van der Waals surface area contributed by atoms with E-state index in [1.165, 1.54) is 4.31 Å². The molecule has 0 spiro atoms. The smallest absolute Gasteiger partial charge is 0.407 e. The molecule has 1 aliphatic heterocycles. The number of halogens is 1. The summed E-state index contributed by atoms with van der Waals surface area (Å²) in [5.41, 5.74) is 0.373. The van der Waals surface area contributed by atoms with Gasteiger partial charge in [0, 0.05) is 24.1 Å². The molecule has 6 nitrogen and oxygen atoms in total. The van der Waals surface area contributed by atoms with E-state index in [0.717, 1.165) is 10.0 Å². The van der Waals surface area contributed by atoms with E-state index in [-0.39, 0.29) is 5.92 Å². The first-order chi connectivity index (χ1) is 12.0. The number of carbonyl (C=O) groups excluding carboxylic acids is 1. The molecule has 146 valence electrons. The summed E-state index contributed by atoms with van der Waals surface area (Å²) in [6, 6.07) is 5.21. The standard InChI is InChI=1S/C18H27BrN2O4S/c1-13-9-15(19)11-16(10-13)26(23,24)21-7-5-14(6-8-21)12-20-17(22)25-18(2,3)4/h9-11,14H,5-8,12H2,1-4H3,(H,20,22). The molecule has 1 saturated heterocycles. The second-order valence-corrected chi connectivity index (χ2v) is 10.5. The van der Waals surface area contributed by atoms with Gasteiger partial charge in [-0.15, -0.1) is 0 Å². The fourth-order valence-corrected chi connectivity index (χ4v) is 5.26. The van der Waals surface area contributed by atoms with Gasteiger partial charge in [0.25, 0.3) is 0 Å². The fraction of sp³-hybridized carbons (Fsp3) is 0.611. The average Bonchev–Trinajstić information content (AvgIpc) is 2.51. The van der Waals surface area contributed by atoms with Crippen LogP contribution in [0.2, 0.25) is 0 Å². The van der Waals surface area contributed by atoms with Gasteiger partial charge in [-0.2, -0.15) is 4.31 Å². The van der Waals surface area contributed by atoms with E-state index in [0.29, 0.717) is 37.4 Å². The number of ether oxygens (including phenoxy) is 1. The van der Waals surface area contributed by atoms with Crippen molar-refractivity contribution in [2.75, 3.05) is 19.6 Å². The Morgan fingerprint density at radius 3 is 2.42 bits per heavy atom. The SMILES string of the molecule is Cc1cc(Br)cc(S(=O)(=O)N2CCC(CNC(=O)OC(C)(C)C)CC2)c1. The van der Waals surface area contributed by atoms with E-state index < -0.39 is 21.7 Å². The molecule has 1 aromatic rings. The molecule has 0 saturated carbocycles. The summed E-state index contributed by atoms with van der Waals surface area (Å²) in [5, 5.41) is 2.77. The lowest BCUT2D eigenvalue weighted by Gasteiger charge is -2.31. The van der Waals surface area contributed by atoms with Gasteiger partial charge in [-0.25, -0.2) is 13.2 Å². The third-order valence-corrected chi connectivity index (χ3v) is 6.50. The topological polar surface area (TPSA) is 75.7 Å². The molecule has 0 atom stereocenters. The van der Waals surface area contributed by atoms with E-state index in [1.54, 1.807) is 12.1 Å². The number of hydrogen-bond acceptors (Lipinski definition) is 4. The van der Waals surface area contributed by atoms with Crippen LogP contribution in [0.5, 0.6) is 0 Å². The zero-order valence-corrected chi connectivity index (χ0v) is 18.1. The number of alkyl carbamates (subject to hydrolysis) is 1. The minimum atomic E-state index is -3.49. The average molecular weight is 447 g/mol.